The third-order valence-electron chi connectivity index (χ3n) is 2.95. The van der Waals surface area contributed by atoms with Crippen molar-refractivity contribution in [2.45, 2.75) is 13.3 Å². The van der Waals surface area contributed by atoms with Gasteiger partial charge in [-0.05, 0) is 30.5 Å². The maximum atomic E-state index is 9.04. The zero-order valence-electron chi connectivity index (χ0n) is 8.70. The molecule has 0 aliphatic carbocycles. The molecule has 0 N–H and O–H groups in total. The van der Waals surface area contributed by atoms with E-state index in [-0.39, 0.29) is 0 Å². The monoisotopic (exact) mass is 264 g/mol. The summed E-state index contributed by atoms with van der Waals surface area (Å²) in [6.07, 6.45) is 1.23. The number of nitrogens with zero attached hydrogens (tertiary/aromatic N) is 2. The molecule has 1 fully saturated rings. The molecule has 0 unspecified atom stereocenters. The van der Waals surface area contributed by atoms with E-state index in [1.165, 1.54) is 6.42 Å². The molecule has 0 bridgehead atoms. The number of halogens is 1. The van der Waals surface area contributed by atoms with Gasteiger partial charge in [-0.25, -0.2) is 0 Å². The highest BCUT2D eigenvalue weighted by Crippen LogP contribution is 2.30. The fourth-order valence-electron chi connectivity index (χ4n) is 1.90. The quantitative estimate of drug-likeness (QED) is 0.821. The molecule has 3 heteroatoms. The van der Waals surface area contributed by atoms with Crippen LogP contribution in [0.4, 0.5) is 5.69 Å². The molecule has 1 heterocycles. The van der Waals surface area contributed by atoms with Gasteiger partial charge in [-0.1, -0.05) is 22.9 Å². The number of hydrogen-bond donors (Lipinski definition) is 0. The van der Waals surface area contributed by atoms with Crippen molar-refractivity contribution in [1.82, 2.24) is 0 Å². The summed E-state index contributed by atoms with van der Waals surface area (Å²) in [7, 11) is 0. The van der Waals surface area contributed by atoms with E-state index in [2.05, 4.69) is 33.8 Å². The Balaban J connectivity index is 2.20. The lowest BCUT2D eigenvalue weighted by Crippen LogP contribution is -2.46. The Labute approximate surface area is 98.6 Å². The van der Waals surface area contributed by atoms with Gasteiger partial charge in [0.25, 0.3) is 0 Å². The fraction of sp³-hybridized carbons (Fsp3) is 0.417. The van der Waals surface area contributed by atoms with Crippen LogP contribution in [0, 0.1) is 17.2 Å². The van der Waals surface area contributed by atoms with Crippen LogP contribution in [-0.2, 0) is 0 Å². The van der Waals surface area contributed by atoms with Crippen molar-refractivity contribution in [3.05, 3.63) is 28.2 Å². The third kappa shape index (κ3) is 2.00. The van der Waals surface area contributed by atoms with Crippen molar-refractivity contribution >= 4 is 21.6 Å². The zero-order valence-corrected chi connectivity index (χ0v) is 10.3. The van der Waals surface area contributed by atoms with Crippen molar-refractivity contribution in [1.29, 1.82) is 5.26 Å². The molecule has 1 aromatic rings. The lowest BCUT2D eigenvalue weighted by Gasteiger charge is -2.41. The summed E-state index contributed by atoms with van der Waals surface area (Å²) < 4.78 is 0.968. The first-order valence-corrected chi connectivity index (χ1v) is 5.98. The second-order valence-corrected chi connectivity index (χ2v) is 4.87. The summed E-state index contributed by atoms with van der Waals surface area (Å²) >= 11 is 3.38. The van der Waals surface area contributed by atoms with Crippen molar-refractivity contribution in [2.75, 3.05) is 18.0 Å². The van der Waals surface area contributed by atoms with Gasteiger partial charge in [-0.15, -0.1) is 0 Å². The summed E-state index contributed by atoms with van der Waals surface area (Å²) in [5.41, 5.74) is 1.84. The van der Waals surface area contributed by atoms with Gasteiger partial charge in [-0.3, -0.25) is 0 Å². The summed E-state index contributed by atoms with van der Waals surface area (Å²) in [4.78, 5) is 2.28. The molecule has 1 saturated heterocycles. The average molecular weight is 265 g/mol. The minimum atomic E-state index is 0.763. The van der Waals surface area contributed by atoms with Gasteiger partial charge in [0, 0.05) is 17.6 Å². The lowest BCUT2D eigenvalue weighted by molar-refractivity contribution is 0.398. The van der Waals surface area contributed by atoms with E-state index in [4.69, 9.17) is 5.26 Å². The van der Waals surface area contributed by atoms with Crippen molar-refractivity contribution in [2.24, 2.45) is 5.92 Å². The number of nitriles is 1. The molecule has 15 heavy (non-hydrogen) atoms. The molecule has 0 radical (unpaired) electrons. The minimum absolute atomic E-state index is 0.763. The summed E-state index contributed by atoms with van der Waals surface area (Å²) in [6.45, 7) is 4.40. The molecule has 0 saturated carbocycles. The van der Waals surface area contributed by atoms with Gasteiger partial charge in [0.2, 0.25) is 0 Å². The second kappa shape index (κ2) is 4.24. The van der Waals surface area contributed by atoms with Crippen LogP contribution < -0.4 is 4.90 Å². The van der Waals surface area contributed by atoms with E-state index in [1.54, 1.807) is 0 Å². The van der Waals surface area contributed by atoms with E-state index in [9.17, 15) is 0 Å². The molecule has 0 atom stereocenters. The first-order chi connectivity index (χ1) is 7.24. The summed E-state index contributed by atoms with van der Waals surface area (Å²) in [5, 5.41) is 9.04. The molecule has 2 nitrogen and oxygen atoms in total. The molecule has 1 aliphatic heterocycles. The van der Waals surface area contributed by atoms with Crippen LogP contribution in [0.15, 0.2) is 22.7 Å². The van der Waals surface area contributed by atoms with Gasteiger partial charge in [0.1, 0.15) is 6.07 Å². The SMILES string of the molecule is CCC1CN(c2ccc(Br)cc2C#N)C1. The van der Waals surface area contributed by atoms with Crippen molar-refractivity contribution < 1.29 is 0 Å². The Bertz CT molecular complexity index is 403. The van der Waals surface area contributed by atoms with Crippen LogP contribution in [0.2, 0.25) is 0 Å². The summed E-state index contributed by atoms with van der Waals surface area (Å²) in [6, 6.07) is 8.15. The number of benzene rings is 1. The highest BCUT2D eigenvalue weighted by Gasteiger charge is 2.26. The topological polar surface area (TPSA) is 27.0 Å². The molecule has 2 rings (SSSR count). The predicted molar refractivity (Wildman–Crippen MR) is 64.9 cm³/mol. The first kappa shape index (κ1) is 10.5. The average Bonchev–Trinajstić information content (AvgIpc) is 2.18. The van der Waals surface area contributed by atoms with Gasteiger partial charge in [0.05, 0.1) is 11.3 Å². The molecule has 78 valence electrons. The van der Waals surface area contributed by atoms with Gasteiger partial charge < -0.3 is 4.90 Å². The van der Waals surface area contributed by atoms with Gasteiger partial charge in [-0.2, -0.15) is 5.26 Å². The van der Waals surface area contributed by atoms with Crippen LogP contribution in [-0.4, -0.2) is 13.1 Å². The normalized spacial score (nSPS) is 15.9. The predicted octanol–water partition coefficient (Wildman–Crippen LogP) is 3.17. The Morgan fingerprint density at radius 1 is 1.53 bits per heavy atom. The Hall–Kier alpha value is -1.01. The highest BCUT2D eigenvalue weighted by molar-refractivity contribution is 9.10. The van der Waals surface area contributed by atoms with Crippen LogP contribution in [0.5, 0.6) is 0 Å². The van der Waals surface area contributed by atoms with E-state index in [0.717, 1.165) is 34.7 Å². The van der Waals surface area contributed by atoms with E-state index >= 15 is 0 Å². The fourth-order valence-corrected chi connectivity index (χ4v) is 2.26. The highest BCUT2D eigenvalue weighted by atomic mass is 79.9. The van der Waals surface area contributed by atoms with Crippen LogP contribution in [0.1, 0.15) is 18.9 Å². The van der Waals surface area contributed by atoms with Crippen LogP contribution in [0.25, 0.3) is 0 Å². The lowest BCUT2D eigenvalue weighted by atomic mass is 9.95. The molecule has 1 aliphatic rings. The molecule has 1 aromatic carbocycles. The minimum Gasteiger partial charge on any atom is -0.370 e. The number of rotatable bonds is 2. The maximum absolute atomic E-state index is 9.04. The van der Waals surface area contributed by atoms with Crippen molar-refractivity contribution in [3.63, 3.8) is 0 Å². The van der Waals surface area contributed by atoms with Gasteiger partial charge >= 0.3 is 0 Å². The number of anilines is 1. The van der Waals surface area contributed by atoms with Crippen LogP contribution >= 0.6 is 15.9 Å². The maximum Gasteiger partial charge on any atom is 0.101 e. The standard InChI is InChI=1S/C12H13BrN2/c1-2-9-7-15(8-9)12-4-3-11(13)5-10(12)6-14/h3-5,9H,2,7-8H2,1H3. The molecule has 0 amide bonds. The van der Waals surface area contributed by atoms with Crippen LogP contribution in [0.3, 0.4) is 0 Å². The van der Waals surface area contributed by atoms with Crippen molar-refractivity contribution in [3.8, 4) is 6.07 Å². The Morgan fingerprint density at radius 3 is 2.87 bits per heavy atom. The Morgan fingerprint density at radius 2 is 2.27 bits per heavy atom. The second-order valence-electron chi connectivity index (χ2n) is 3.95. The molecule has 0 aromatic heterocycles. The summed E-state index contributed by atoms with van der Waals surface area (Å²) in [5.74, 6) is 0.806. The molecular formula is C12H13BrN2. The van der Waals surface area contributed by atoms with E-state index in [1.807, 2.05) is 18.2 Å². The molecule has 0 spiro atoms. The smallest absolute Gasteiger partial charge is 0.101 e. The van der Waals surface area contributed by atoms with E-state index in [0.29, 0.717) is 0 Å². The third-order valence-corrected chi connectivity index (χ3v) is 3.45. The number of hydrogen-bond acceptors (Lipinski definition) is 2. The first-order valence-electron chi connectivity index (χ1n) is 5.19. The Kier molecular flexibility index (Phi) is 2.97. The van der Waals surface area contributed by atoms with E-state index < -0.39 is 0 Å². The largest absolute Gasteiger partial charge is 0.370 e. The molecular weight excluding hydrogens is 252 g/mol. The zero-order chi connectivity index (χ0) is 10.8. The van der Waals surface area contributed by atoms with Gasteiger partial charge in [0.15, 0.2) is 0 Å².